The van der Waals surface area contributed by atoms with Crippen LogP contribution in [0.25, 0.3) is 0 Å². The number of hydrogen-bond donors (Lipinski definition) is 1. The van der Waals surface area contributed by atoms with Gasteiger partial charge in [-0.3, -0.25) is 5.01 Å². The molecule has 0 fully saturated rings. The Morgan fingerprint density at radius 2 is 1.21 bits per heavy atom. The fraction of sp³-hybridized carbons (Fsp3) is 0.130. The summed E-state index contributed by atoms with van der Waals surface area (Å²) in [5, 5.41) is 9.60. The van der Waals surface area contributed by atoms with Crippen molar-refractivity contribution >= 4 is 24.2 Å². The molecule has 3 aromatic rings. The Balaban J connectivity index is 2.37. The average molecular weight is 391 g/mol. The van der Waals surface area contributed by atoms with E-state index in [9.17, 15) is 0 Å². The molecule has 0 bridgehead atoms. The number of benzene rings is 3. The molecule has 142 valence electrons. The Morgan fingerprint density at radius 3 is 1.54 bits per heavy atom. The molecule has 0 aliphatic carbocycles. The monoisotopic (exact) mass is 390 g/mol. The fourth-order valence-corrected chi connectivity index (χ4v) is 3.70. The maximum atomic E-state index is 6.82. The topological polar surface area (TPSA) is 54.0 Å². The van der Waals surface area contributed by atoms with Crippen molar-refractivity contribution in [2.24, 2.45) is 16.0 Å². The number of hydrazine groups is 1. The Hall–Kier alpha value is -2.95. The van der Waals surface area contributed by atoms with Crippen LogP contribution < -0.4 is 5.84 Å². The zero-order chi connectivity index (χ0) is 19.8. The van der Waals surface area contributed by atoms with Crippen LogP contribution in [-0.4, -0.2) is 23.4 Å². The Bertz CT molecular complexity index is 814. The van der Waals surface area contributed by atoms with E-state index in [4.69, 9.17) is 17.4 Å². The molecule has 3 rings (SSSR count). The summed E-state index contributed by atoms with van der Waals surface area (Å²) in [5.41, 5.74) is 2.24. The van der Waals surface area contributed by atoms with Gasteiger partial charge in [-0.2, -0.15) is 5.10 Å². The molecule has 0 spiro atoms. The number of amidine groups is 1. The van der Waals surface area contributed by atoms with Crippen molar-refractivity contribution in [3.63, 3.8) is 0 Å². The van der Waals surface area contributed by atoms with Gasteiger partial charge in [0.2, 0.25) is 0 Å². The van der Waals surface area contributed by atoms with E-state index in [1.165, 1.54) is 0 Å². The molecule has 0 saturated carbocycles. The third kappa shape index (κ3) is 3.70. The largest absolute Gasteiger partial charge is 0.277 e. The molecular weight excluding hydrogens is 368 g/mol. The maximum absolute atomic E-state index is 6.82. The molecule has 4 nitrogen and oxygen atoms in total. The molecule has 3 aromatic carbocycles. The zero-order valence-corrected chi connectivity index (χ0v) is 16.3. The van der Waals surface area contributed by atoms with Gasteiger partial charge in [-0.15, -0.1) is 16.7 Å². The van der Waals surface area contributed by atoms with Crippen LogP contribution >= 0.6 is 11.6 Å². The van der Waals surface area contributed by atoms with Crippen LogP contribution in [0.4, 0.5) is 0 Å². The lowest BCUT2D eigenvalue weighted by molar-refractivity contribution is 0.267. The normalized spacial score (nSPS) is 11.9. The lowest BCUT2D eigenvalue weighted by Crippen LogP contribution is -2.55. The van der Waals surface area contributed by atoms with Crippen LogP contribution in [0.3, 0.4) is 0 Å². The predicted molar refractivity (Wildman–Crippen MR) is 118 cm³/mol. The molecule has 0 saturated heterocycles. The quantitative estimate of drug-likeness (QED) is 0.157. The molecule has 0 aromatic heterocycles. The smallest absolute Gasteiger partial charge is 0.144 e. The second-order valence-corrected chi connectivity index (χ2v) is 6.65. The minimum Gasteiger partial charge on any atom is -0.277 e. The van der Waals surface area contributed by atoms with Gasteiger partial charge in [-0.25, -0.2) is 5.84 Å². The van der Waals surface area contributed by atoms with Crippen molar-refractivity contribution in [2.75, 3.05) is 5.88 Å². The molecule has 0 radical (unpaired) electrons. The molecule has 0 heterocycles. The number of halogens is 1. The van der Waals surface area contributed by atoms with Crippen LogP contribution in [-0.2, 0) is 5.54 Å². The van der Waals surface area contributed by atoms with E-state index in [1.54, 1.807) is 5.01 Å². The molecule has 0 aliphatic heterocycles. The van der Waals surface area contributed by atoms with Gasteiger partial charge in [0, 0.05) is 19.0 Å². The summed E-state index contributed by atoms with van der Waals surface area (Å²) in [6.07, 6.45) is 0.464. The van der Waals surface area contributed by atoms with Gasteiger partial charge in [0.25, 0.3) is 0 Å². The number of alkyl halides is 1. The summed E-state index contributed by atoms with van der Waals surface area (Å²) in [4.78, 5) is 0. The molecule has 5 heteroatoms. The highest BCUT2D eigenvalue weighted by atomic mass is 35.5. The lowest BCUT2D eigenvalue weighted by Gasteiger charge is -2.44. The van der Waals surface area contributed by atoms with E-state index in [0.717, 1.165) is 16.7 Å². The van der Waals surface area contributed by atoms with Gasteiger partial charge in [0.1, 0.15) is 11.4 Å². The number of rotatable bonds is 7. The van der Waals surface area contributed by atoms with Crippen LogP contribution in [0.1, 0.15) is 23.1 Å². The van der Waals surface area contributed by atoms with Crippen molar-refractivity contribution in [1.82, 2.24) is 5.01 Å². The van der Waals surface area contributed by atoms with Crippen molar-refractivity contribution in [3.8, 4) is 0 Å². The highest BCUT2D eigenvalue weighted by Crippen LogP contribution is 2.41. The molecule has 28 heavy (non-hydrogen) atoms. The van der Waals surface area contributed by atoms with Gasteiger partial charge >= 0.3 is 0 Å². The van der Waals surface area contributed by atoms with Crippen molar-refractivity contribution in [2.45, 2.75) is 12.0 Å². The van der Waals surface area contributed by atoms with E-state index in [0.29, 0.717) is 18.1 Å². The standard InChI is InChI=1S/C23H23ClN4/c1-26-27-22(17-18-24)28(25)23(19-11-5-2-6-12-19,20-13-7-3-8-14-20)21-15-9-4-10-16-21/h2-16H,1,17-18,25H2/b27-22-. The first-order valence-corrected chi connectivity index (χ1v) is 9.58. The van der Waals surface area contributed by atoms with Crippen LogP contribution in [0.15, 0.2) is 101 Å². The third-order valence-electron chi connectivity index (χ3n) is 4.72. The van der Waals surface area contributed by atoms with Gasteiger partial charge in [-0.05, 0) is 16.7 Å². The van der Waals surface area contributed by atoms with Crippen LogP contribution in [0.2, 0.25) is 0 Å². The zero-order valence-electron chi connectivity index (χ0n) is 15.6. The SMILES string of the molecule is C=N/N=C(/CCCl)N(N)C(c1ccccc1)(c1ccccc1)c1ccccc1. The second-order valence-electron chi connectivity index (χ2n) is 6.28. The van der Waals surface area contributed by atoms with Crippen LogP contribution in [0, 0.1) is 0 Å². The number of nitrogens with zero attached hydrogens (tertiary/aromatic N) is 3. The summed E-state index contributed by atoms with van der Waals surface area (Å²) in [6, 6.07) is 30.4. The summed E-state index contributed by atoms with van der Waals surface area (Å²) < 4.78 is 0. The first kappa shape index (κ1) is 19.8. The lowest BCUT2D eigenvalue weighted by atomic mass is 9.76. The summed E-state index contributed by atoms with van der Waals surface area (Å²) in [5.74, 6) is 7.75. The third-order valence-corrected chi connectivity index (χ3v) is 4.91. The first-order chi connectivity index (χ1) is 13.7. The molecule has 0 atom stereocenters. The van der Waals surface area contributed by atoms with E-state index >= 15 is 0 Å². The Kier molecular flexibility index (Phi) is 6.58. The minimum atomic E-state index is -0.806. The molecular formula is C23H23ClN4. The van der Waals surface area contributed by atoms with Crippen molar-refractivity contribution in [1.29, 1.82) is 0 Å². The van der Waals surface area contributed by atoms with E-state index in [-0.39, 0.29) is 0 Å². The van der Waals surface area contributed by atoms with E-state index in [2.05, 4.69) is 53.3 Å². The Labute approximate surface area is 171 Å². The number of nitrogens with two attached hydrogens (primary N) is 1. The second kappa shape index (κ2) is 9.31. The average Bonchev–Trinajstić information content (AvgIpc) is 2.76. The van der Waals surface area contributed by atoms with E-state index < -0.39 is 5.54 Å². The fourth-order valence-electron chi connectivity index (χ4n) is 3.53. The van der Waals surface area contributed by atoms with Gasteiger partial charge in [0.05, 0.1) is 0 Å². The molecule has 0 aliphatic rings. The highest BCUT2D eigenvalue weighted by molar-refractivity contribution is 6.19. The molecule has 0 amide bonds. The van der Waals surface area contributed by atoms with Gasteiger partial charge < -0.3 is 0 Å². The first-order valence-electron chi connectivity index (χ1n) is 9.05. The Morgan fingerprint density at radius 1 is 0.821 bits per heavy atom. The maximum Gasteiger partial charge on any atom is 0.144 e. The summed E-state index contributed by atoms with van der Waals surface area (Å²) in [7, 11) is 0. The highest BCUT2D eigenvalue weighted by Gasteiger charge is 2.42. The van der Waals surface area contributed by atoms with Gasteiger partial charge in [0.15, 0.2) is 0 Å². The van der Waals surface area contributed by atoms with Gasteiger partial charge in [-0.1, -0.05) is 91.0 Å². The number of hydrogen-bond acceptors (Lipinski definition) is 3. The van der Waals surface area contributed by atoms with Crippen LogP contribution in [0.5, 0.6) is 0 Å². The van der Waals surface area contributed by atoms with Crippen molar-refractivity contribution in [3.05, 3.63) is 108 Å². The predicted octanol–water partition coefficient (Wildman–Crippen LogP) is 4.80. The molecule has 0 unspecified atom stereocenters. The summed E-state index contributed by atoms with van der Waals surface area (Å²) in [6.45, 7) is 3.50. The van der Waals surface area contributed by atoms with E-state index in [1.807, 2.05) is 54.6 Å². The van der Waals surface area contributed by atoms with Crippen molar-refractivity contribution < 1.29 is 0 Å². The summed E-state index contributed by atoms with van der Waals surface area (Å²) >= 11 is 6.04. The molecule has 2 N–H and O–H groups in total. The minimum absolute atomic E-state index is 0.372.